The predicted molar refractivity (Wildman–Crippen MR) is 74.6 cm³/mol. The summed E-state index contributed by atoms with van der Waals surface area (Å²) >= 11 is 1.34. The summed E-state index contributed by atoms with van der Waals surface area (Å²) in [7, 11) is 0. The molecule has 0 saturated heterocycles. The summed E-state index contributed by atoms with van der Waals surface area (Å²) in [6.07, 6.45) is 0. The SMILES string of the molecule is Cc1cc(=O)n(C(=O)CSc2ccc(N)c(C)c2)o1. The summed E-state index contributed by atoms with van der Waals surface area (Å²) in [4.78, 5) is 24.2. The molecule has 0 aliphatic rings. The zero-order valence-corrected chi connectivity index (χ0v) is 11.5. The monoisotopic (exact) mass is 278 g/mol. The van der Waals surface area contributed by atoms with Crippen LogP contribution in [-0.2, 0) is 0 Å². The molecule has 0 atom stereocenters. The number of carbonyl (C=O) groups is 1. The number of aromatic nitrogens is 1. The van der Waals surface area contributed by atoms with E-state index < -0.39 is 5.56 Å². The van der Waals surface area contributed by atoms with Gasteiger partial charge in [-0.15, -0.1) is 16.5 Å². The van der Waals surface area contributed by atoms with E-state index in [0.717, 1.165) is 15.2 Å². The van der Waals surface area contributed by atoms with E-state index in [4.69, 9.17) is 10.3 Å². The number of carbonyl (C=O) groups excluding carboxylic acids is 1. The number of aryl methyl sites for hydroxylation is 2. The predicted octanol–water partition coefficient (Wildman–Crippen LogP) is 2.07. The highest BCUT2D eigenvalue weighted by Gasteiger charge is 2.12. The Labute approximate surface area is 114 Å². The molecule has 19 heavy (non-hydrogen) atoms. The van der Waals surface area contributed by atoms with Gasteiger partial charge in [0.15, 0.2) is 0 Å². The highest BCUT2D eigenvalue weighted by atomic mass is 32.2. The lowest BCUT2D eigenvalue weighted by atomic mass is 10.2. The molecule has 0 unspecified atom stereocenters. The van der Waals surface area contributed by atoms with Crippen molar-refractivity contribution >= 4 is 23.4 Å². The van der Waals surface area contributed by atoms with Crippen LogP contribution in [0.3, 0.4) is 0 Å². The average molecular weight is 278 g/mol. The Morgan fingerprint density at radius 2 is 2.11 bits per heavy atom. The fraction of sp³-hybridized carbons (Fsp3) is 0.231. The van der Waals surface area contributed by atoms with Crippen LogP contribution in [0.2, 0.25) is 0 Å². The second kappa shape index (κ2) is 5.36. The molecule has 5 nitrogen and oxygen atoms in total. The highest BCUT2D eigenvalue weighted by Crippen LogP contribution is 2.22. The number of nitrogens with zero attached hydrogens (tertiary/aromatic N) is 1. The Morgan fingerprint density at radius 1 is 1.37 bits per heavy atom. The van der Waals surface area contributed by atoms with E-state index in [0.29, 0.717) is 11.4 Å². The first-order chi connectivity index (χ1) is 8.97. The summed E-state index contributed by atoms with van der Waals surface area (Å²) in [5, 5.41) is 0. The number of hydrogen-bond acceptors (Lipinski definition) is 5. The van der Waals surface area contributed by atoms with Crippen LogP contribution in [0.4, 0.5) is 5.69 Å². The lowest BCUT2D eigenvalue weighted by Crippen LogP contribution is -2.23. The molecular weight excluding hydrogens is 264 g/mol. The minimum absolute atomic E-state index is 0.135. The van der Waals surface area contributed by atoms with Crippen molar-refractivity contribution in [2.45, 2.75) is 18.7 Å². The normalized spacial score (nSPS) is 10.6. The van der Waals surface area contributed by atoms with Gasteiger partial charge in [0, 0.05) is 16.6 Å². The van der Waals surface area contributed by atoms with Gasteiger partial charge in [0.25, 0.3) is 11.5 Å². The van der Waals surface area contributed by atoms with Crippen molar-refractivity contribution in [3.05, 3.63) is 45.9 Å². The van der Waals surface area contributed by atoms with Gasteiger partial charge in [0.1, 0.15) is 5.76 Å². The Balaban J connectivity index is 2.06. The second-order valence-electron chi connectivity index (χ2n) is 4.18. The van der Waals surface area contributed by atoms with Gasteiger partial charge in [-0.25, -0.2) is 0 Å². The van der Waals surface area contributed by atoms with Crippen LogP contribution < -0.4 is 11.3 Å². The summed E-state index contributed by atoms with van der Waals surface area (Å²) in [6, 6.07) is 6.83. The van der Waals surface area contributed by atoms with Crippen LogP contribution in [0.5, 0.6) is 0 Å². The van der Waals surface area contributed by atoms with Crippen molar-refractivity contribution in [3.8, 4) is 0 Å². The van der Waals surface area contributed by atoms with Crippen molar-refractivity contribution in [2.75, 3.05) is 11.5 Å². The molecule has 0 radical (unpaired) electrons. The fourth-order valence-electron chi connectivity index (χ4n) is 1.56. The maximum atomic E-state index is 11.8. The molecule has 0 bridgehead atoms. The summed E-state index contributed by atoms with van der Waals surface area (Å²) in [5.41, 5.74) is 6.97. The standard InChI is InChI=1S/C13H14N2O3S/c1-8-5-10(3-4-11(8)14)19-7-13(17)15-12(16)6-9(2)18-15/h3-6H,7,14H2,1-2H3. The van der Waals surface area contributed by atoms with Crippen LogP contribution in [-0.4, -0.2) is 16.4 Å². The molecule has 1 aromatic heterocycles. The lowest BCUT2D eigenvalue weighted by Gasteiger charge is -2.04. The Hall–Kier alpha value is -1.95. The minimum Gasteiger partial charge on any atom is -0.399 e. The Kier molecular flexibility index (Phi) is 3.80. The zero-order valence-electron chi connectivity index (χ0n) is 10.7. The van der Waals surface area contributed by atoms with Crippen LogP contribution in [0.25, 0.3) is 0 Å². The molecular formula is C13H14N2O3S. The van der Waals surface area contributed by atoms with E-state index in [2.05, 4.69) is 0 Å². The average Bonchev–Trinajstić information content (AvgIpc) is 2.70. The van der Waals surface area contributed by atoms with Gasteiger partial charge in [0.2, 0.25) is 0 Å². The van der Waals surface area contributed by atoms with E-state index in [-0.39, 0.29) is 11.7 Å². The Bertz CT molecular complexity index is 673. The minimum atomic E-state index is -0.434. The first kappa shape index (κ1) is 13.5. The van der Waals surface area contributed by atoms with Crippen molar-refractivity contribution in [1.82, 2.24) is 4.74 Å². The van der Waals surface area contributed by atoms with Gasteiger partial charge in [0.05, 0.1) is 5.75 Å². The molecule has 0 aliphatic carbocycles. The van der Waals surface area contributed by atoms with E-state index in [1.54, 1.807) is 13.0 Å². The lowest BCUT2D eigenvalue weighted by molar-refractivity contribution is 0.0813. The molecule has 0 amide bonds. The molecule has 1 aromatic carbocycles. The van der Waals surface area contributed by atoms with Crippen LogP contribution >= 0.6 is 11.8 Å². The number of rotatable bonds is 3. The number of nitrogens with two attached hydrogens (primary N) is 1. The molecule has 0 spiro atoms. The van der Waals surface area contributed by atoms with Crippen molar-refractivity contribution in [3.63, 3.8) is 0 Å². The molecule has 6 heteroatoms. The van der Waals surface area contributed by atoms with Gasteiger partial charge in [-0.05, 0) is 37.6 Å². The van der Waals surface area contributed by atoms with Crippen LogP contribution in [0.1, 0.15) is 16.1 Å². The van der Waals surface area contributed by atoms with Crippen LogP contribution in [0.15, 0.2) is 38.5 Å². The molecule has 2 N–H and O–H groups in total. The molecule has 1 heterocycles. The van der Waals surface area contributed by atoms with Gasteiger partial charge in [-0.2, -0.15) is 0 Å². The fourth-order valence-corrected chi connectivity index (χ4v) is 2.40. The molecule has 100 valence electrons. The zero-order chi connectivity index (χ0) is 14.0. The highest BCUT2D eigenvalue weighted by molar-refractivity contribution is 8.00. The van der Waals surface area contributed by atoms with Crippen molar-refractivity contribution in [1.29, 1.82) is 0 Å². The summed E-state index contributed by atoms with van der Waals surface area (Å²) in [6.45, 7) is 3.53. The number of nitrogen functional groups attached to an aromatic ring is 1. The van der Waals surface area contributed by atoms with E-state index in [1.807, 2.05) is 19.1 Å². The number of thioether (sulfide) groups is 1. The molecule has 2 aromatic rings. The number of benzene rings is 1. The van der Waals surface area contributed by atoms with E-state index in [9.17, 15) is 9.59 Å². The quantitative estimate of drug-likeness (QED) is 0.687. The van der Waals surface area contributed by atoms with E-state index >= 15 is 0 Å². The molecule has 0 fully saturated rings. The topological polar surface area (TPSA) is 78.2 Å². The third kappa shape index (κ3) is 3.08. The summed E-state index contributed by atoms with van der Waals surface area (Å²) in [5.74, 6) is 0.181. The van der Waals surface area contributed by atoms with Gasteiger partial charge in [-0.3, -0.25) is 9.59 Å². The van der Waals surface area contributed by atoms with Crippen LogP contribution in [0, 0.1) is 13.8 Å². The Morgan fingerprint density at radius 3 is 2.68 bits per heavy atom. The van der Waals surface area contributed by atoms with Gasteiger partial charge < -0.3 is 10.3 Å². The maximum Gasteiger partial charge on any atom is 0.290 e. The first-order valence-corrected chi connectivity index (χ1v) is 6.68. The van der Waals surface area contributed by atoms with Gasteiger partial charge >= 0.3 is 0 Å². The molecule has 0 saturated carbocycles. The first-order valence-electron chi connectivity index (χ1n) is 5.69. The number of hydrogen-bond donors (Lipinski definition) is 1. The third-order valence-corrected chi connectivity index (χ3v) is 3.57. The molecule has 2 rings (SSSR count). The van der Waals surface area contributed by atoms with Crippen molar-refractivity contribution < 1.29 is 9.32 Å². The third-order valence-electron chi connectivity index (χ3n) is 2.59. The van der Waals surface area contributed by atoms with Gasteiger partial charge in [-0.1, -0.05) is 0 Å². The van der Waals surface area contributed by atoms with E-state index in [1.165, 1.54) is 17.8 Å². The summed E-state index contributed by atoms with van der Waals surface area (Å²) < 4.78 is 5.81. The van der Waals surface area contributed by atoms with Crippen molar-refractivity contribution in [2.24, 2.45) is 0 Å². The largest absolute Gasteiger partial charge is 0.399 e. The smallest absolute Gasteiger partial charge is 0.290 e. The second-order valence-corrected chi connectivity index (χ2v) is 5.23. The number of anilines is 1. The molecule has 0 aliphatic heterocycles. The maximum absolute atomic E-state index is 11.8.